The fraction of sp³-hybridized carbons (Fsp3) is 0.538. The van der Waals surface area contributed by atoms with Gasteiger partial charge in [0, 0.05) is 19.6 Å². The number of ether oxygens (including phenoxy) is 1. The number of aliphatic hydroxyl groups excluding tert-OH is 1. The van der Waals surface area contributed by atoms with Crippen LogP contribution in [0.5, 0.6) is 5.75 Å². The number of β-amino-alcohol motifs (C(OH)–C–C–N with tert-alkyl or cyclic N) is 1. The van der Waals surface area contributed by atoms with Crippen LogP contribution in [0.4, 0.5) is 0 Å². The number of nitrogens with zero attached hydrogens (tertiary/aromatic N) is 1. The minimum Gasteiger partial charge on any atom is -0.490 e. The number of hydrogen-bond acceptors (Lipinski definition) is 3. The van der Waals surface area contributed by atoms with Crippen LogP contribution >= 0.6 is 0 Å². The molecule has 1 N–H and O–H groups in total. The average molecular weight is 221 g/mol. The summed E-state index contributed by atoms with van der Waals surface area (Å²) in [7, 11) is 0. The first-order valence-electron chi connectivity index (χ1n) is 5.93. The van der Waals surface area contributed by atoms with Crippen molar-refractivity contribution in [2.75, 3.05) is 26.2 Å². The highest BCUT2D eigenvalue weighted by Crippen LogP contribution is 2.18. The maximum atomic E-state index is 8.85. The van der Waals surface area contributed by atoms with E-state index in [4.69, 9.17) is 9.84 Å². The first-order chi connectivity index (χ1) is 7.88. The van der Waals surface area contributed by atoms with Gasteiger partial charge in [0.15, 0.2) is 0 Å². The molecular weight excluding hydrogens is 202 g/mol. The summed E-state index contributed by atoms with van der Waals surface area (Å²) in [5.41, 5.74) is 0. The fourth-order valence-corrected chi connectivity index (χ4v) is 2.08. The molecule has 0 radical (unpaired) electrons. The molecular formula is C13H19NO2. The van der Waals surface area contributed by atoms with E-state index in [9.17, 15) is 0 Å². The van der Waals surface area contributed by atoms with E-state index in [-0.39, 0.29) is 6.61 Å². The molecule has 0 unspecified atom stereocenters. The average Bonchev–Trinajstić information content (AvgIpc) is 2.33. The molecule has 16 heavy (non-hydrogen) atoms. The number of benzene rings is 1. The van der Waals surface area contributed by atoms with Crippen LogP contribution in [0.1, 0.15) is 12.8 Å². The second kappa shape index (κ2) is 5.87. The Morgan fingerprint density at radius 1 is 1.19 bits per heavy atom. The van der Waals surface area contributed by atoms with Crippen molar-refractivity contribution in [2.45, 2.75) is 18.9 Å². The van der Waals surface area contributed by atoms with Crippen LogP contribution in [0.2, 0.25) is 0 Å². The Morgan fingerprint density at radius 3 is 2.50 bits per heavy atom. The van der Waals surface area contributed by atoms with Gasteiger partial charge in [0.05, 0.1) is 6.61 Å². The third-order valence-electron chi connectivity index (χ3n) is 3.00. The summed E-state index contributed by atoms with van der Waals surface area (Å²) in [4.78, 5) is 2.28. The summed E-state index contributed by atoms with van der Waals surface area (Å²) >= 11 is 0. The van der Waals surface area contributed by atoms with Crippen LogP contribution in [0.3, 0.4) is 0 Å². The zero-order chi connectivity index (χ0) is 11.2. The van der Waals surface area contributed by atoms with Crippen molar-refractivity contribution >= 4 is 0 Å². The monoisotopic (exact) mass is 221 g/mol. The van der Waals surface area contributed by atoms with Crippen molar-refractivity contribution in [3.05, 3.63) is 30.3 Å². The summed E-state index contributed by atoms with van der Waals surface area (Å²) in [6.45, 7) is 3.10. The second-order valence-electron chi connectivity index (χ2n) is 4.20. The van der Waals surface area contributed by atoms with Gasteiger partial charge in [0.2, 0.25) is 0 Å². The van der Waals surface area contributed by atoms with E-state index in [0.717, 1.165) is 38.2 Å². The maximum Gasteiger partial charge on any atom is 0.119 e. The van der Waals surface area contributed by atoms with E-state index in [1.807, 2.05) is 30.3 Å². The molecule has 0 atom stereocenters. The van der Waals surface area contributed by atoms with Crippen molar-refractivity contribution in [1.29, 1.82) is 0 Å². The molecule has 0 bridgehead atoms. The predicted octanol–water partition coefficient (Wildman–Crippen LogP) is 1.52. The largest absolute Gasteiger partial charge is 0.490 e. The predicted molar refractivity (Wildman–Crippen MR) is 63.6 cm³/mol. The third kappa shape index (κ3) is 3.22. The van der Waals surface area contributed by atoms with Crippen LogP contribution in [-0.4, -0.2) is 42.4 Å². The zero-order valence-corrected chi connectivity index (χ0v) is 9.51. The van der Waals surface area contributed by atoms with Gasteiger partial charge in [-0.2, -0.15) is 0 Å². The van der Waals surface area contributed by atoms with E-state index in [1.165, 1.54) is 0 Å². The summed E-state index contributed by atoms with van der Waals surface area (Å²) in [6.07, 6.45) is 2.43. The topological polar surface area (TPSA) is 32.7 Å². The molecule has 1 saturated heterocycles. The van der Waals surface area contributed by atoms with E-state index < -0.39 is 0 Å². The standard InChI is InChI=1S/C13H19NO2/c15-11-10-14-8-6-13(7-9-14)16-12-4-2-1-3-5-12/h1-5,13,15H,6-11H2. The van der Waals surface area contributed by atoms with Gasteiger partial charge in [0.1, 0.15) is 11.9 Å². The molecule has 1 aromatic carbocycles. The Balaban J connectivity index is 1.77. The van der Waals surface area contributed by atoms with E-state index in [1.54, 1.807) is 0 Å². The number of aliphatic hydroxyl groups is 1. The van der Waals surface area contributed by atoms with Gasteiger partial charge in [-0.15, -0.1) is 0 Å². The maximum absolute atomic E-state index is 8.85. The van der Waals surface area contributed by atoms with Crippen LogP contribution in [-0.2, 0) is 0 Å². The number of hydrogen-bond donors (Lipinski definition) is 1. The molecule has 0 spiro atoms. The molecule has 3 heteroatoms. The SMILES string of the molecule is OCCN1CCC(Oc2ccccc2)CC1. The Labute approximate surface area is 96.6 Å². The lowest BCUT2D eigenvalue weighted by molar-refractivity contribution is 0.0889. The third-order valence-corrected chi connectivity index (χ3v) is 3.00. The fourth-order valence-electron chi connectivity index (χ4n) is 2.08. The summed E-state index contributed by atoms with van der Waals surface area (Å²) in [5, 5.41) is 8.85. The molecule has 0 aliphatic carbocycles. The van der Waals surface area contributed by atoms with Gasteiger partial charge >= 0.3 is 0 Å². The first-order valence-corrected chi connectivity index (χ1v) is 5.93. The van der Waals surface area contributed by atoms with E-state index in [0.29, 0.717) is 6.10 Å². The molecule has 1 aromatic rings. The lowest BCUT2D eigenvalue weighted by Gasteiger charge is -2.31. The van der Waals surface area contributed by atoms with Crippen molar-refractivity contribution in [3.8, 4) is 5.75 Å². The molecule has 0 amide bonds. The Hall–Kier alpha value is -1.06. The van der Waals surface area contributed by atoms with Crippen molar-refractivity contribution in [1.82, 2.24) is 4.90 Å². The Morgan fingerprint density at radius 2 is 1.88 bits per heavy atom. The molecule has 3 nitrogen and oxygen atoms in total. The highest BCUT2D eigenvalue weighted by molar-refractivity contribution is 5.21. The van der Waals surface area contributed by atoms with Crippen LogP contribution in [0.15, 0.2) is 30.3 Å². The minimum absolute atomic E-state index is 0.254. The first kappa shape index (κ1) is 11.4. The quantitative estimate of drug-likeness (QED) is 0.836. The minimum atomic E-state index is 0.254. The molecule has 1 aliphatic rings. The highest BCUT2D eigenvalue weighted by Gasteiger charge is 2.19. The summed E-state index contributed by atoms with van der Waals surface area (Å²) in [6, 6.07) is 9.99. The van der Waals surface area contributed by atoms with Gasteiger partial charge in [-0.25, -0.2) is 0 Å². The number of rotatable bonds is 4. The Kier molecular flexibility index (Phi) is 4.19. The molecule has 1 heterocycles. The highest BCUT2D eigenvalue weighted by atomic mass is 16.5. The van der Waals surface area contributed by atoms with Gasteiger partial charge < -0.3 is 14.7 Å². The van der Waals surface area contributed by atoms with Gasteiger partial charge in [0.25, 0.3) is 0 Å². The number of piperidine rings is 1. The van der Waals surface area contributed by atoms with Crippen molar-refractivity contribution < 1.29 is 9.84 Å². The van der Waals surface area contributed by atoms with Gasteiger partial charge in [-0.05, 0) is 25.0 Å². The van der Waals surface area contributed by atoms with E-state index >= 15 is 0 Å². The molecule has 2 rings (SSSR count). The molecule has 0 saturated carbocycles. The normalized spacial score (nSPS) is 18.6. The molecule has 0 aromatic heterocycles. The summed E-state index contributed by atoms with van der Waals surface area (Å²) in [5.74, 6) is 0.961. The lowest BCUT2D eigenvalue weighted by atomic mass is 10.1. The van der Waals surface area contributed by atoms with Crippen molar-refractivity contribution in [2.24, 2.45) is 0 Å². The van der Waals surface area contributed by atoms with Crippen LogP contribution in [0.25, 0.3) is 0 Å². The zero-order valence-electron chi connectivity index (χ0n) is 9.51. The van der Waals surface area contributed by atoms with Gasteiger partial charge in [-0.1, -0.05) is 18.2 Å². The molecule has 1 aliphatic heterocycles. The van der Waals surface area contributed by atoms with E-state index in [2.05, 4.69) is 4.90 Å². The van der Waals surface area contributed by atoms with Gasteiger partial charge in [-0.3, -0.25) is 0 Å². The van der Waals surface area contributed by atoms with Crippen molar-refractivity contribution in [3.63, 3.8) is 0 Å². The second-order valence-corrected chi connectivity index (χ2v) is 4.20. The van der Waals surface area contributed by atoms with Crippen LogP contribution in [0, 0.1) is 0 Å². The number of likely N-dealkylation sites (tertiary alicyclic amines) is 1. The molecule has 88 valence electrons. The molecule has 1 fully saturated rings. The summed E-state index contributed by atoms with van der Waals surface area (Å²) < 4.78 is 5.89. The lowest BCUT2D eigenvalue weighted by Crippen LogP contribution is -2.39. The number of para-hydroxylation sites is 1. The smallest absolute Gasteiger partial charge is 0.119 e. The van der Waals surface area contributed by atoms with Crippen LogP contribution < -0.4 is 4.74 Å². The Bertz CT molecular complexity index is 294.